The van der Waals surface area contributed by atoms with Crippen LogP contribution in [0.2, 0.25) is 0 Å². The molecule has 2 aliphatic heterocycles. The smallest absolute Gasteiger partial charge is 0.261 e. The van der Waals surface area contributed by atoms with Gasteiger partial charge in [0.05, 0.1) is 25.6 Å². The van der Waals surface area contributed by atoms with Crippen LogP contribution in [-0.4, -0.2) is 42.0 Å². The van der Waals surface area contributed by atoms with Crippen molar-refractivity contribution in [3.8, 4) is 11.5 Å². The number of fused-ring (bicyclic) bond motifs is 1. The molecular formula is C27H25FN2O5. The quantitative estimate of drug-likeness (QED) is 0.482. The molecule has 3 aromatic rings. The SMILES string of the molecule is COc1cc([C@H]2[C@@H]3C(=O)N(Cc4ccccc4)C(=O)[C@@H]3ON2C)ccc1OCc1ccc(F)cc1. The zero-order valence-corrected chi connectivity index (χ0v) is 19.4. The largest absolute Gasteiger partial charge is 0.493 e. The van der Waals surface area contributed by atoms with E-state index in [-0.39, 0.29) is 30.8 Å². The fourth-order valence-corrected chi connectivity index (χ4v) is 4.68. The molecule has 180 valence electrons. The third-order valence-corrected chi connectivity index (χ3v) is 6.42. The van der Waals surface area contributed by atoms with Gasteiger partial charge >= 0.3 is 0 Å². The fourth-order valence-electron chi connectivity index (χ4n) is 4.68. The van der Waals surface area contributed by atoms with Gasteiger partial charge in [0, 0.05) is 7.05 Å². The van der Waals surface area contributed by atoms with Crippen molar-refractivity contribution in [1.29, 1.82) is 0 Å². The molecule has 7 nitrogen and oxygen atoms in total. The van der Waals surface area contributed by atoms with Crippen molar-refractivity contribution in [1.82, 2.24) is 9.96 Å². The van der Waals surface area contributed by atoms with Gasteiger partial charge in [-0.1, -0.05) is 48.5 Å². The number of hydrogen-bond donors (Lipinski definition) is 0. The molecule has 2 fully saturated rings. The van der Waals surface area contributed by atoms with Crippen LogP contribution in [0.15, 0.2) is 72.8 Å². The molecule has 0 N–H and O–H groups in total. The van der Waals surface area contributed by atoms with Crippen LogP contribution in [0.5, 0.6) is 11.5 Å². The molecule has 0 radical (unpaired) electrons. The lowest BCUT2D eigenvalue weighted by molar-refractivity contribution is -0.170. The van der Waals surface area contributed by atoms with Crippen molar-refractivity contribution in [3.05, 3.63) is 95.3 Å². The lowest BCUT2D eigenvalue weighted by atomic mass is 9.91. The van der Waals surface area contributed by atoms with Gasteiger partial charge in [0.25, 0.3) is 5.91 Å². The number of hydrogen-bond acceptors (Lipinski definition) is 6. The van der Waals surface area contributed by atoms with Gasteiger partial charge < -0.3 is 9.47 Å². The van der Waals surface area contributed by atoms with Gasteiger partial charge in [0.1, 0.15) is 12.4 Å². The number of carbonyl (C=O) groups excluding carboxylic acids is 2. The minimum Gasteiger partial charge on any atom is -0.493 e. The van der Waals surface area contributed by atoms with E-state index in [1.165, 1.54) is 24.1 Å². The summed E-state index contributed by atoms with van der Waals surface area (Å²) in [6.07, 6.45) is -0.860. The number of hydroxylamine groups is 2. The summed E-state index contributed by atoms with van der Waals surface area (Å²) in [6.45, 7) is 0.458. The molecule has 2 aliphatic rings. The standard InChI is InChI=1S/C27H25FN2O5/c1-29-24(23-25(35-29)27(32)30(26(23)31)15-17-6-4-3-5-7-17)19-10-13-21(22(14-19)33-2)34-16-18-8-11-20(28)12-9-18/h3-14,23-25H,15-16H2,1-2H3/t23-,24-,25+/m0/s1. The molecule has 0 unspecified atom stereocenters. The minimum absolute atomic E-state index is 0.213. The fraction of sp³-hybridized carbons (Fsp3) is 0.259. The van der Waals surface area contributed by atoms with Gasteiger partial charge in [-0.25, -0.2) is 4.39 Å². The molecule has 2 saturated heterocycles. The van der Waals surface area contributed by atoms with Crippen molar-refractivity contribution in [3.63, 3.8) is 0 Å². The third kappa shape index (κ3) is 4.38. The monoisotopic (exact) mass is 476 g/mol. The Kier molecular flexibility index (Phi) is 6.23. The maximum absolute atomic E-state index is 13.4. The zero-order chi connectivity index (χ0) is 24.5. The van der Waals surface area contributed by atoms with Crippen LogP contribution in [0.3, 0.4) is 0 Å². The molecule has 0 bridgehead atoms. The number of imide groups is 1. The molecule has 0 aromatic heterocycles. The first kappa shape index (κ1) is 23.0. The average molecular weight is 477 g/mol. The molecule has 2 amide bonds. The number of amides is 2. The normalized spacial score (nSPS) is 21.9. The van der Waals surface area contributed by atoms with Crippen LogP contribution in [0.1, 0.15) is 22.7 Å². The number of halogens is 1. The van der Waals surface area contributed by atoms with E-state index >= 15 is 0 Å². The molecule has 8 heteroatoms. The summed E-state index contributed by atoms with van der Waals surface area (Å²) in [5.41, 5.74) is 2.47. The van der Waals surface area contributed by atoms with Crippen molar-refractivity contribution >= 4 is 11.8 Å². The average Bonchev–Trinajstić information content (AvgIpc) is 3.33. The van der Waals surface area contributed by atoms with Crippen LogP contribution >= 0.6 is 0 Å². The highest BCUT2D eigenvalue weighted by Crippen LogP contribution is 2.45. The zero-order valence-electron chi connectivity index (χ0n) is 19.4. The van der Waals surface area contributed by atoms with Crippen molar-refractivity contribution in [2.45, 2.75) is 25.3 Å². The Hall–Kier alpha value is -3.75. The van der Waals surface area contributed by atoms with E-state index in [0.29, 0.717) is 11.5 Å². The summed E-state index contributed by atoms with van der Waals surface area (Å²) in [5.74, 6) is -0.554. The van der Waals surface area contributed by atoms with Crippen molar-refractivity contribution in [2.75, 3.05) is 14.2 Å². The highest BCUT2D eigenvalue weighted by molar-refractivity contribution is 6.07. The Morgan fingerprint density at radius 1 is 0.914 bits per heavy atom. The van der Waals surface area contributed by atoms with Gasteiger partial charge in [-0.2, -0.15) is 5.06 Å². The van der Waals surface area contributed by atoms with E-state index in [2.05, 4.69) is 0 Å². The van der Waals surface area contributed by atoms with Crippen LogP contribution in [0.25, 0.3) is 0 Å². The van der Waals surface area contributed by atoms with Crippen LogP contribution < -0.4 is 9.47 Å². The van der Waals surface area contributed by atoms with Gasteiger partial charge in [-0.15, -0.1) is 0 Å². The molecule has 3 atom stereocenters. The Morgan fingerprint density at radius 2 is 1.66 bits per heavy atom. The first-order valence-corrected chi connectivity index (χ1v) is 11.3. The third-order valence-electron chi connectivity index (χ3n) is 6.42. The van der Waals surface area contributed by atoms with Crippen LogP contribution in [0.4, 0.5) is 4.39 Å². The summed E-state index contributed by atoms with van der Waals surface area (Å²) >= 11 is 0. The molecule has 5 rings (SSSR count). The number of methoxy groups -OCH3 is 1. The summed E-state index contributed by atoms with van der Waals surface area (Å²) in [7, 11) is 3.25. The number of benzene rings is 3. The van der Waals surface area contributed by atoms with E-state index in [0.717, 1.165) is 16.7 Å². The summed E-state index contributed by atoms with van der Waals surface area (Å²) in [6, 6.07) is 20.4. The Balaban J connectivity index is 1.36. The molecular weight excluding hydrogens is 451 g/mol. The molecule has 0 saturated carbocycles. The van der Waals surface area contributed by atoms with Crippen LogP contribution in [-0.2, 0) is 27.6 Å². The first-order chi connectivity index (χ1) is 17.0. The summed E-state index contributed by atoms with van der Waals surface area (Å²) in [5, 5.41) is 1.57. The van der Waals surface area contributed by atoms with Gasteiger partial charge in [-0.3, -0.25) is 19.3 Å². The van der Waals surface area contributed by atoms with E-state index in [4.69, 9.17) is 14.3 Å². The maximum Gasteiger partial charge on any atom is 0.261 e. The lowest BCUT2D eigenvalue weighted by Gasteiger charge is -2.25. The second-order valence-corrected chi connectivity index (χ2v) is 8.62. The first-order valence-electron chi connectivity index (χ1n) is 11.3. The maximum atomic E-state index is 13.4. The Labute approximate surface area is 202 Å². The molecule has 3 aromatic carbocycles. The van der Waals surface area contributed by atoms with Crippen LogP contribution in [0, 0.1) is 11.7 Å². The van der Waals surface area contributed by atoms with Gasteiger partial charge in [0.2, 0.25) is 5.91 Å². The predicted molar refractivity (Wildman–Crippen MR) is 125 cm³/mol. The lowest BCUT2D eigenvalue weighted by Crippen LogP contribution is -2.35. The Bertz CT molecular complexity index is 1230. The van der Waals surface area contributed by atoms with Gasteiger partial charge in [-0.05, 0) is 41.0 Å². The van der Waals surface area contributed by atoms with Gasteiger partial charge in [0.15, 0.2) is 17.6 Å². The summed E-state index contributed by atoms with van der Waals surface area (Å²) < 4.78 is 24.6. The number of likely N-dealkylation sites (tertiary alicyclic amines) is 1. The van der Waals surface area contributed by atoms with E-state index in [9.17, 15) is 14.0 Å². The predicted octanol–water partition coefficient (Wildman–Crippen LogP) is 3.89. The molecule has 2 heterocycles. The molecule has 35 heavy (non-hydrogen) atoms. The van der Waals surface area contributed by atoms with Crippen molar-refractivity contribution < 1.29 is 28.3 Å². The number of rotatable bonds is 7. The topological polar surface area (TPSA) is 68.3 Å². The second kappa shape index (κ2) is 9.48. The highest BCUT2D eigenvalue weighted by atomic mass is 19.1. The second-order valence-electron chi connectivity index (χ2n) is 8.62. The summed E-state index contributed by atoms with van der Waals surface area (Å²) in [4.78, 5) is 33.5. The number of nitrogens with zero attached hydrogens (tertiary/aromatic N) is 2. The molecule has 0 aliphatic carbocycles. The van der Waals surface area contributed by atoms with E-state index < -0.39 is 18.1 Å². The number of ether oxygens (including phenoxy) is 2. The van der Waals surface area contributed by atoms with E-state index in [1.54, 1.807) is 36.4 Å². The molecule has 0 spiro atoms. The number of carbonyl (C=O) groups is 2. The highest BCUT2D eigenvalue weighted by Gasteiger charge is 2.58. The Morgan fingerprint density at radius 3 is 2.37 bits per heavy atom. The van der Waals surface area contributed by atoms with Crippen molar-refractivity contribution in [2.24, 2.45) is 5.92 Å². The van der Waals surface area contributed by atoms with E-state index in [1.807, 2.05) is 36.4 Å². The minimum atomic E-state index is -0.860.